The van der Waals surface area contributed by atoms with Gasteiger partial charge in [0.2, 0.25) is 0 Å². The molecule has 3 rings (SSSR count). The fourth-order valence-corrected chi connectivity index (χ4v) is 2.95. The van der Waals surface area contributed by atoms with E-state index in [-0.39, 0.29) is 28.0 Å². The zero-order valence-corrected chi connectivity index (χ0v) is 17.0. The third-order valence-electron chi connectivity index (χ3n) is 4.14. The second-order valence-corrected chi connectivity index (χ2v) is 6.85. The van der Waals surface area contributed by atoms with E-state index in [4.69, 9.17) is 9.47 Å². The molecule has 1 aromatic heterocycles. The highest BCUT2D eigenvalue weighted by atomic mass is 79.9. The number of nitrogens with zero attached hydrogens (tertiary/aromatic N) is 2. The third kappa shape index (κ3) is 4.34. The Kier molecular flexibility index (Phi) is 6.07. The summed E-state index contributed by atoms with van der Waals surface area (Å²) in [5.74, 6) is -1.89. The molecule has 0 unspecified atom stereocenters. The van der Waals surface area contributed by atoms with Crippen molar-refractivity contribution in [3.05, 3.63) is 85.7 Å². The first-order chi connectivity index (χ1) is 13.8. The summed E-state index contributed by atoms with van der Waals surface area (Å²) in [4.78, 5) is 24.5. The second kappa shape index (κ2) is 8.52. The summed E-state index contributed by atoms with van der Waals surface area (Å²) in [6.45, 7) is 1.55. The number of aromatic nitrogens is 2. The molecule has 0 radical (unpaired) electrons. The maximum absolute atomic E-state index is 13.7. The zero-order valence-electron chi connectivity index (χ0n) is 15.4. The van der Waals surface area contributed by atoms with Crippen molar-refractivity contribution >= 4 is 21.9 Å². The lowest BCUT2D eigenvalue weighted by Gasteiger charge is -2.13. The first kappa shape index (κ1) is 20.7. The molecule has 6 nitrogen and oxygen atoms in total. The van der Waals surface area contributed by atoms with Gasteiger partial charge in [-0.25, -0.2) is 13.6 Å². The summed E-state index contributed by atoms with van der Waals surface area (Å²) < 4.78 is 38.1. The molecular formula is C20H15BrF2N2O4. The molecule has 0 spiro atoms. The molecule has 0 atom stereocenters. The van der Waals surface area contributed by atoms with Gasteiger partial charge in [-0.3, -0.25) is 4.79 Å². The topological polar surface area (TPSA) is 70.4 Å². The Hall–Kier alpha value is -3.07. The van der Waals surface area contributed by atoms with Crippen LogP contribution < -0.4 is 10.3 Å². The van der Waals surface area contributed by atoms with Gasteiger partial charge in [0.25, 0.3) is 5.56 Å². The molecule has 2 aromatic carbocycles. The Labute approximate surface area is 172 Å². The van der Waals surface area contributed by atoms with Gasteiger partial charge >= 0.3 is 5.97 Å². The minimum atomic E-state index is -0.752. The smallest absolute Gasteiger partial charge is 0.337 e. The monoisotopic (exact) mass is 464 g/mol. The fraction of sp³-hybridized carbons (Fsp3) is 0.150. The van der Waals surface area contributed by atoms with Crippen LogP contribution in [-0.4, -0.2) is 22.9 Å². The number of carbonyl (C=O) groups is 1. The molecular weight excluding hydrogens is 450 g/mol. The molecule has 0 aliphatic rings. The second-order valence-electron chi connectivity index (χ2n) is 6.06. The quantitative estimate of drug-likeness (QED) is 0.534. The van der Waals surface area contributed by atoms with Crippen LogP contribution in [0.1, 0.15) is 21.5 Å². The van der Waals surface area contributed by atoms with Gasteiger partial charge in [-0.1, -0.05) is 6.07 Å². The summed E-state index contributed by atoms with van der Waals surface area (Å²) in [6.07, 6.45) is 1.29. The maximum atomic E-state index is 13.7. The lowest BCUT2D eigenvalue weighted by molar-refractivity contribution is 0.0600. The number of hydrogen-bond acceptors (Lipinski definition) is 5. The van der Waals surface area contributed by atoms with Gasteiger partial charge in [0, 0.05) is 11.6 Å². The van der Waals surface area contributed by atoms with Crippen molar-refractivity contribution in [2.24, 2.45) is 0 Å². The molecule has 9 heteroatoms. The Bertz CT molecular complexity index is 1150. The molecule has 29 heavy (non-hydrogen) atoms. The van der Waals surface area contributed by atoms with Crippen LogP contribution in [0.3, 0.4) is 0 Å². The molecule has 1 heterocycles. The van der Waals surface area contributed by atoms with E-state index in [1.165, 1.54) is 25.4 Å². The Morgan fingerprint density at radius 1 is 1.21 bits per heavy atom. The number of methoxy groups -OCH3 is 1. The molecule has 0 amide bonds. The fourth-order valence-electron chi connectivity index (χ4n) is 2.57. The molecule has 0 bridgehead atoms. The number of ether oxygens (including phenoxy) is 2. The highest BCUT2D eigenvalue weighted by Crippen LogP contribution is 2.23. The number of hydrogen-bond donors (Lipinski definition) is 0. The molecule has 0 saturated carbocycles. The number of benzene rings is 2. The lowest BCUT2D eigenvalue weighted by Crippen LogP contribution is -2.23. The Morgan fingerprint density at radius 2 is 1.97 bits per heavy atom. The summed E-state index contributed by atoms with van der Waals surface area (Å²) in [7, 11) is 1.26. The van der Waals surface area contributed by atoms with Crippen molar-refractivity contribution in [3.8, 4) is 11.4 Å². The van der Waals surface area contributed by atoms with Gasteiger partial charge in [-0.15, -0.1) is 0 Å². The number of halogens is 3. The number of carbonyl (C=O) groups excluding carboxylic acids is 1. The van der Waals surface area contributed by atoms with E-state index in [0.29, 0.717) is 11.3 Å². The maximum Gasteiger partial charge on any atom is 0.337 e. The van der Waals surface area contributed by atoms with Crippen LogP contribution >= 0.6 is 15.9 Å². The van der Waals surface area contributed by atoms with Gasteiger partial charge in [-0.05, 0) is 52.7 Å². The van der Waals surface area contributed by atoms with Crippen molar-refractivity contribution in [2.75, 3.05) is 7.11 Å². The first-order valence-electron chi connectivity index (χ1n) is 8.35. The zero-order chi connectivity index (χ0) is 21.1. The van der Waals surface area contributed by atoms with Crippen molar-refractivity contribution in [2.45, 2.75) is 13.5 Å². The predicted octanol–water partition coefficient (Wildman–Crippen LogP) is 3.95. The van der Waals surface area contributed by atoms with Crippen LogP contribution in [0, 0.1) is 18.6 Å². The van der Waals surface area contributed by atoms with Gasteiger partial charge in [-0.2, -0.15) is 9.78 Å². The highest BCUT2D eigenvalue weighted by Gasteiger charge is 2.16. The van der Waals surface area contributed by atoms with Gasteiger partial charge in [0.05, 0.1) is 24.6 Å². The van der Waals surface area contributed by atoms with Crippen LogP contribution in [0.2, 0.25) is 0 Å². The standard InChI is InChI=1S/C20H15BrF2N2O4/c1-11-3-4-12(20(27)28-2)7-16(11)25-19(26)18(21)17(9-24-25)29-10-13-5-6-14(22)8-15(13)23/h3-9H,10H2,1-2H3. The average molecular weight is 465 g/mol. The normalized spacial score (nSPS) is 10.7. The van der Waals surface area contributed by atoms with E-state index in [0.717, 1.165) is 16.8 Å². The summed E-state index contributed by atoms with van der Waals surface area (Å²) in [5, 5.41) is 4.09. The van der Waals surface area contributed by atoms with Crippen molar-refractivity contribution in [3.63, 3.8) is 0 Å². The predicted molar refractivity (Wildman–Crippen MR) is 104 cm³/mol. The van der Waals surface area contributed by atoms with Crippen molar-refractivity contribution in [1.29, 1.82) is 0 Å². The van der Waals surface area contributed by atoms with Crippen LogP contribution in [0.25, 0.3) is 5.69 Å². The molecule has 3 aromatic rings. The molecule has 0 N–H and O–H groups in total. The summed E-state index contributed by atoms with van der Waals surface area (Å²) >= 11 is 3.17. The first-order valence-corrected chi connectivity index (χ1v) is 9.15. The van der Waals surface area contributed by atoms with E-state index < -0.39 is 23.2 Å². The highest BCUT2D eigenvalue weighted by molar-refractivity contribution is 9.10. The molecule has 0 aliphatic carbocycles. The number of rotatable bonds is 5. The minimum absolute atomic E-state index is 0.0675. The number of esters is 1. The van der Waals surface area contributed by atoms with Crippen LogP contribution in [0.15, 0.2) is 51.9 Å². The SMILES string of the molecule is COC(=O)c1ccc(C)c(-n2ncc(OCc3ccc(F)cc3F)c(Br)c2=O)c1. The molecule has 0 saturated heterocycles. The Morgan fingerprint density at radius 3 is 2.66 bits per heavy atom. The molecule has 0 aliphatic heterocycles. The largest absolute Gasteiger partial charge is 0.486 e. The summed E-state index contributed by atoms with van der Waals surface area (Å²) in [6, 6.07) is 7.88. The van der Waals surface area contributed by atoms with E-state index in [1.807, 2.05) is 0 Å². The minimum Gasteiger partial charge on any atom is -0.486 e. The van der Waals surface area contributed by atoms with Gasteiger partial charge in [0.15, 0.2) is 5.75 Å². The van der Waals surface area contributed by atoms with Crippen LogP contribution in [0.4, 0.5) is 8.78 Å². The molecule has 0 fully saturated rings. The number of aryl methyl sites for hydroxylation is 1. The lowest BCUT2D eigenvalue weighted by atomic mass is 10.1. The van der Waals surface area contributed by atoms with E-state index in [2.05, 4.69) is 21.0 Å². The molecule has 150 valence electrons. The summed E-state index contributed by atoms with van der Waals surface area (Å²) in [5.41, 5.74) is 0.970. The van der Waals surface area contributed by atoms with E-state index in [9.17, 15) is 18.4 Å². The Balaban J connectivity index is 1.92. The average Bonchev–Trinajstić information content (AvgIpc) is 2.70. The van der Waals surface area contributed by atoms with Crippen LogP contribution in [0.5, 0.6) is 5.75 Å². The van der Waals surface area contributed by atoms with E-state index >= 15 is 0 Å². The van der Waals surface area contributed by atoms with E-state index in [1.54, 1.807) is 19.1 Å². The van der Waals surface area contributed by atoms with Crippen molar-refractivity contribution < 1.29 is 23.0 Å². The third-order valence-corrected chi connectivity index (χ3v) is 4.87. The van der Waals surface area contributed by atoms with Gasteiger partial charge < -0.3 is 9.47 Å². The van der Waals surface area contributed by atoms with Crippen molar-refractivity contribution in [1.82, 2.24) is 9.78 Å². The van der Waals surface area contributed by atoms with Crippen LogP contribution in [-0.2, 0) is 11.3 Å². The van der Waals surface area contributed by atoms with Gasteiger partial charge in [0.1, 0.15) is 22.7 Å².